The van der Waals surface area contributed by atoms with Gasteiger partial charge in [0, 0.05) is 23.9 Å². The van der Waals surface area contributed by atoms with Gasteiger partial charge in [0.25, 0.3) is 5.91 Å². The lowest BCUT2D eigenvalue weighted by Crippen LogP contribution is -2.32. The molecule has 0 radical (unpaired) electrons. The lowest BCUT2D eigenvalue weighted by molar-refractivity contribution is -0.0379. The van der Waals surface area contributed by atoms with Crippen LogP contribution in [0, 0.1) is 17.5 Å². The molecule has 1 fully saturated rings. The summed E-state index contributed by atoms with van der Waals surface area (Å²) in [6, 6.07) is 1.98. The first-order valence-electron chi connectivity index (χ1n) is 7.35. The summed E-state index contributed by atoms with van der Waals surface area (Å²) in [7, 11) is 0. The molecule has 132 valence electrons. The third-order valence-corrected chi connectivity index (χ3v) is 3.54. The van der Waals surface area contributed by atoms with Crippen LogP contribution in [0.2, 0.25) is 0 Å². The van der Waals surface area contributed by atoms with Gasteiger partial charge in [-0.2, -0.15) is 0 Å². The molecule has 0 bridgehead atoms. The van der Waals surface area contributed by atoms with Gasteiger partial charge in [0.2, 0.25) is 0 Å². The zero-order valence-electron chi connectivity index (χ0n) is 12.8. The van der Waals surface area contributed by atoms with Gasteiger partial charge in [-0.3, -0.25) is 9.59 Å². The molecule has 1 aliphatic heterocycles. The minimum Gasteiger partial charge on any atom is -0.356 e. The SMILES string of the molecule is O=C(NCC1OCCO1)c1cc(C(=O)c2c(F)cc(F)cc2F)c[nH]1. The number of nitrogens with one attached hydrogen (secondary N) is 2. The molecule has 2 N–H and O–H groups in total. The van der Waals surface area contributed by atoms with Gasteiger partial charge in [-0.25, -0.2) is 13.2 Å². The molecule has 1 amide bonds. The van der Waals surface area contributed by atoms with E-state index < -0.39 is 41.0 Å². The molecule has 6 nitrogen and oxygen atoms in total. The maximum atomic E-state index is 13.7. The van der Waals surface area contributed by atoms with E-state index in [-0.39, 0.29) is 17.8 Å². The molecular formula is C16H13F3N2O4. The Morgan fingerprint density at radius 1 is 1.12 bits per heavy atom. The summed E-state index contributed by atoms with van der Waals surface area (Å²) in [5.41, 5.74) is -1.01. The molecule has 0 saturated carbocycles. The zero-order valence-corrected chi connectivity index (χ0v) is 12.8. The minimum absolute atomic E-state index is 0.0178. The smallest absolute Gasteiger partial charge is 0.267 e. The van der Waals surface area contributed by atoms with Crippen LogP contribution in [-0.2, 0) is 9.47 Å². The van der Waals surface area contributed by atoms with E-state index in [0.717, 1.165) is 12.3 Å². The lowest BCUT2D eigenvalue weighted by atomic mass is 10.0. The number of rotatable bonds is 5. The Labute approximate surface area is 139 Å². The van der Waals surface area contributed by atoms with Gasteiger partial charge in [-0.05, 0) is 6.07 Å². The second-order valence-corrected chi connectivity index (χ2v) is 5.26. The zero-order chi connectivity index (χ0) is 18.0. The number of aromatic nitrogens is 1. The fourth-order valence-electron chi connectivity index (χ4n) is 2.36. The van der Waals surface area contributed by atoms with E-state index in [9.17, 15) is 22.8 Å². The maximum absolute atomic E-state index is 13.7. The van der Waals surface area contributed by atoms with E-state index in [2.05, 4.69) is 10.3 Å². The van der Waals surface area contributed by atoms with Crippen LogP contribution in [0.4, 0.5) is 13.2 Å². The van der Waals surface area contributed by atoms with Gasteiger partial charge in [0.1, 0.15) is 23.1 Å². The number of halogens is 3. The molecule has 2 aromatic rings. The largest absolute Gasteiger partial charge is 0.356 e. The van der Waals surface area contributed by atoms with Crippen molar-refractivity contribution in [3.05, 3.63) is 58.7 Å². The highest BCUT2D eigenvalue weighted by Gasteiger charge is 2.23. The predicted octanol–water partition coefficient (Wildman–Crippen LogP) is 1.77. The van der Waals surface area contributed by atoms with Gasteiger partial charge in [0.05, 0.1) is 25.3 Å². The molecule has 1 aromatic heterocycles. The number of aromatic amines is 1. The van der Waals surface area contributed by atoms with Crippen LogP contribution in [-0.4, -0.2) is 42.7 Å². The molecule has 9 heteroatoms. The number of carbonyl (C=O) groups excluding carboxylic acids is 2. The third-order valence-electron chi connectivity index (χ3n) is 3.54. The highest BCUT2D eigenvalue weighted by atomic mass is 19.1. The standard InChI is InChI=1S/C16H13F3N2O4/c17-9-4-10(18)14(11(19)5-9)15(22)8-3-12(20-6-8)16(23)21-7-13-24-1-2-25-13/h3-6,13,20H,1-2,7H2,(H,21,23). The summed E-state index contributed by atoms with van der Waals surface area (Å²) in [5, 5.41) is 2.53. The fraction of sp³-hybridized carbons (Fsp3) is 0.250. The summed E-state index contributed by atoms with van der Waals surface area (Å²) < 4.78 is 50.6. The van der Waals surface area contributed by atoms with E-state index in [4.69, 9.17) is 9.47 Å². The summed E-state index contributed by atoms with van der Waals surface area (Å²) in [6.07, 6.45) is 0.602. The Morgan fingerprint density at radius 3 is 2.40 bits per heavy atom. The number of H-pyrrole nitrogens is 1. The van der Waals surface area contributed by atoms with Crippen molar-refractivity contribution in [2.24, 2.45) is 0 Å². The van der Waals surface area contributed by atoms with Crippen LogP contribution in [0.1, 0.15) is 26.4 Å². The van der Waals surface area contributed by atoms with Crippen LogP contribution in [0.5, 0.6) is 0 Å². The molecule has 1 saturated heterocycles. The Balaban J connectivity index is 1.72. The summed E-state index contributed by atoms with van der Waals surface area (Å²) >= 11 is 0. The summed E-state index contributed by atoms with van der Waals surface area (Å²) in [5.74, 6) is -5.31. The topological polar surface area (TPSA) is 80.4 Å². The van der Waals surface area contributed by atoms with E-state index in [1.165, 1.54) is 0 Å². The highest BCUT2D eigenvalue weighted by Crippen LogP contribution is 2.19. The molecule has 0 aliphatic carbocycles. The maximum Gasteiger partial charge on any atom is 0.267 e. The number of ether oxygens (including phenoxy) is 2. The minimum atomic E-state index is -1.31. The van der Waals surface area contributed by atoms with Crippen molar-refractivity contribution in [3.63, 3.8) is 0 Å². The Morgan fingerprint density at radius 2 is 1.76 bits per heavy atom. The van der Waals surface area contributed by atoms with E-state index in [1.807, 2.05) is 0 Å². The molecule has 25 heavy (non-hydrogen) atoms. The van der Waals surface area contributed by atoms with Crippen molar-refractivity contribution in [3.8, 4) is 0 Å². The molecule has 0 unspecified atom stereocenters. The summed E-state index contributed by atoms with van der Waals surface area (Å²) in [6.45, 7) is 0.995. The van der Waals surface area contributed by atoms with E-state index in [0.29, 0.717) is 25.3 Å². The number of amides is 1. The molecule has 1 aliphatic rings. The van der Waals surface area contributed by atoms with Crippen molar-refractivity contribution in [2.45, 2.75) is 6.29 Å². The van der Waals surface area contributed by atoms with Crippen molar-refractivity contribution in [1.82, 2.24) is 10.3 Å². The van der Waals surface area contributed by atoms with Crippen LogP contribution in [0.25, 0.3) is 0 Å². The number of ketones is 1. The van der Waals surface area contributed by atoms with Gasteiger partial charge in [-0.15, -0.1) is 0 Å². The first-order valence-corrected chi connectivity index (χ1v) is 7.35. The van der Waals surface area contributed by atoms with Crippen LogP contribution < -0.4 is 5.32 Å². The molecule has 3 rings (SSSR count). The van der Waals surface area contributed by atoms with Crippen LogP contribution in [0.3, 0.4) is 0 Å². The predicted molar refractivity (Wildman–Crippen MR) is 78.6 cm³/mol. The van der Waals surface area contributed by atoms with Gasteiger partial charge in [-0.1, -0.05) is 0 Å². The third kappa shape index (κ3) is 3.72. The van der Waals surface area contributed by atoms with Crippen molar-refractivity contribution >= 4 is 11.7 Å². The highest BCUT2D eigenvalue weighted by molar-refractivity contribution is 6.10. The van der Waals surface area contributed by atoms with Crippen LogP contribution >= 0.6 is 0 Å². The van der Waals surface area contributed by atoms with Gasteiger partial charge in [0.15, 0.2) is 12.1 Å². The van der Waals surface area contributed by atoms with E-state index in [1.54, 1.807) is 0 Å². The van der Waals surface area contributed by atoms with Crippen molar-refractivity contribution in [2.75, 3.05) is 19.8 Å². The molecular weight excluding hydrogens is 341 g/mol. The number of hydrogen-bond acceptors (Lipinski definition) is 4. The monoisotopic (exact) mass is 354 g/mol. The Kier molecular flexibility index (Phi) is 4.86. The molecule has 0 atom stereocenters. The molecule has 0 spiro atoms. The number of carbonyl (C=O) groups is 2. The lowest BCUT2D eigenvalue weighted by Gasteiger charge is -2.09. The second kappa shape index (κ2) is 7.08. The normalized spacial score (nSPS) is 14.7. The number of hydrogen-bond donors (Lipinski definition) is 2. The van der Waals surface area contributed by atoms with Gasteiger partial charge >= 0.3 is 0 Å². The first-order chi connectivity index (χ1) is 12.0. The van der Waals surface area contributed by atoms with Gasteiger partial charge < -0.3 is 19.8 Å². The average molecular weight is 354 g/mol. The average Bonchev–Trinajstić information content (AvgIpc) is 3.23. The number of benzene rings is 1. The van der Waals surface area contributed by atoms with Crippen LogP contribution in [0.15, 0.2) is 24.4 Å². The second-order valence-electron chi connectivity index (χ2n) is 5.26. The molecule has 2 heterocycles. The summed E-state index contributed by atoms with van der Waals surface area (Å²) in [4.78, 5) is 26.7. The Hall–Kier alpha value is -2.65. The van der Waals surface area contributed by atoms with E-state index >= 15 is 0 Å². The van der Waals surface area contributed by atoms with Crippen molar-refractivity contribution < 1.29 is 32.2 Å². The quantitative estimate of drug-likeness (QED) is 0.802. The molecule has 1 aromatic carbocycles. The van der Waals surface area contributed by atoms with Crippen molar-refractivity contribution in [1.29, 1.82) is 0 Å². The Bertz CT molecular complexity index is 792. The fourth-order valence-corrected chi connectivity index (χ4v) is 2.36. The first kappa shape index (κ1) is 17.2.